The number of nitrogens with zero attached hydrogens (tertiary/aromatic N) is 3. The molecule has 1 saturated heterocycles. The minimum atomic E-state index is -0.425. The fourth-order valence-electron chi connectivity index (χ4n) is 3.14. The van der Waals surface area contributed by atoms with Gasteiger partial charge in [0, 0.05) is 45.7 Å². The number of oxazole rings is 1. The fourth-order valence-corrected chi connectivity index (χ4v) is 3.14. The molecule has 1 N–H and O–H groups in total. The Morgan fingerprint density at radius 2 is 1.96 bits per heavy atom. The van der Waals surface area contributed by atoms with Crippen LogP contribution in [0.4, 0.5) is 0 Å². The summed E-state index contributed by atoms with van der Waals surface area (Å²) in [4.78, 5) is 28.3. The van der Waals surface area contributed by atoms with Crippen molar-refractivity contribution in [3.8, 4) is 0 Å². The van der Waals surface area contributed by atoms with Gasteiger partial charge in [0.15, 0.2) is 5.58 Å². The van der Waals surface area contributed by atoms with E-state index in [1.807, 2.05) is 23.1 Å². The van der Waals surface area contributed by atoms with E-state index in [2.05, 4.69) is 4.90 Å². The summed E-state index contributed by atoms with van der Waals surface area (Å²) in [6.45, 7) is 5.58. The van der Waals surface area contributed by atoms with Crippen LogP contribution in [0.3, 0.4) is 0 Å². The Hall–Kier alpha value is -2.12. The van der Waals surface area contributed by atoms with Gasteiger partial charge in [-0.3, -0.25) is 14.3 Å². The van der Waals surface area contributed by atoms with Gasteiger partial charge in [-0.1, -0.05) is 12.1 Å². The van der Waals surface area contributed by atoms with Crippen LogP contribution in [0.25, 0.3) is 11.1 Å². The quantitative estimate of drug-likeness (QED) is 0.862. The van der Waals surface area contributed by atoms with Gasteiger partial charge in [0.2, 0.25) is 5.91 Å². The van der Waals surface area contributed by atoms with Gasteiger partial charge in [0.1, 0.15) is 0 Å². The Morgan fingerprint density at radius 3 is 2.67 bits per heavy atom. The van der Waals surface area contributed by atoms with Crippen LogP contribution in [0.15, 0.2) is 33.5 Å². The third-order valence-electron chi connectivity index (χ3n) is 4.37. The van der Waals surface area contributed by atoms with Gasteiger partial charge in [-0.25, -0.2) is 4.79 Å². The summed E-state index contributed by atoms with van der Waals surface area (Å²) < 4.78 is 6.69. The summed E-state index contributed by atoms with van der Waals surface area (Å²) in [6.07, 6.45) is -0.0756. The summed E-state index contributed by atoms with van der Waals surface area (Å²) in [6, 6.07) is 7.22. The van der Waals surface area contributed by atoms with E-state index in [0.29, 0.717) is 31.8 Å². The largest absolute Gasteiger partial charge is 0.419 e. The number of rotatable bonds is 5. The molecule has 1 amide bonds. The maximum absolute atomic E-state index is 12.4. The molecule has 7 heteroatoms. The number of fused-ring (bicyclic) bond motifs is 1. The molecule has 24 heavy (non-hydrogen) atoms. The van der Waals surface area contributed by atoms with Crippen molar-refractivity contribution in [1.29, 1.82) is 0 Å². The second-order valence-electron chi connectivity index (χ2n) is 6.27. The van der Waals surface area contributed by atoms with E-state index in [4.69, 9.17) is 4.42 Å². The Kier molecular flexibility index (Phi) is 5.01. The molecule has 1 unspecified atom stereocenters. The SMILES string of the molecule is CC(O)CN1CCN(C(=O)CCn2c(=O)oc3ccccc32)CC1. The van der Waals surface area contributed by atoms with E-state index < -0.39 is 5.76 Å². The van der Waals surface area contributed by atoms with E-state index in [0.717, 1.165) is 18.6 Å². The molecule has 1 aromatic heterocycles. The van der Waals surface area contributed by atoms with Crippen LogP contribution < -0.4 is 5.76 Å². The normalized spacial score (nSPS) is 17.3. The topological polar surface area (TPSA) is 78.9 Å². The summed E-state index contributed by atoms with van der Waals surface area (Å²) in [7, 11) is 0. The highest BCUT2D eigenvalue weighted by atomic mass is 16.4. The van der Waals surface area contributed by atoms with Crippen molar-refractivity contribution in [1.82, 2.24) is 14.4 Å². The van der Waals surface area contributed by atoms with Crippen molar-refractivity contribution >= 4 is 17.0 Å². The van der Waals surface area contributed by atoms with E-state index in [1.54, 1.807) is 13.0 Å². The molecule has 1 atom stereocenters. The second-order valence-corrected chi connectivity index (χ2v) is 6.27. The van der Waals surface area contributed by atoms with Crippen molar-refractivity contribution in [3.63, 3.8) is 0 Å². The number of aryl methyl sites for hydroxylation is 1. The lowest BCUT2D eigenvalue weighted by atomic mass is 10.2. The number of hydrogen-bond donors (Lipinski definition) is 1. The van der Waals surface area contributed by atoms with Gasteiger partial charge in [-0.05, 0) is 19.1 Å². The number of carbonyl (C=O) groups is 1. The highest BCUT2D eigenvalue weighted by Gasteiger charge is 2.22. The van der Waals surface area contributed by atoms with Crippen LogP contribution in [-0.4, -0.2) is 64.2 Å². The number of β-amino-alcohol motifs (C(OH)–C–C–N with tert-alkyl or cyclic N) is 1. The lowest BCUT2D eigenvalue weighted by molar-refractivity contribution is -0.133. The Morgan fingerprint density at radius 1 is 1.25 bits per heavy atom. The van der Waals surface area contributed by atoms with Gasteiger partial charge in [0.05, 0.1) is 11.6 Å². The maximum Gasteiger partial charge on any atom is 0.419 e. The molecule has 0 saturated carbocycles. The average molecular weight is 333 g/mol. The highest BCUT2D eigenvalue weighted by molar-refractivity contribution is 5.77. The van der Waals surface area contributed by atoms with Crippen molar-refractivity contribution in [3.05, 3.63) is 34.8 Å². The summed E-state index contributed by atoms with van der Waals surface area (Å²) in [5.41, 5.74) is 1.26. The fraction of sp³-hybridized carbons (Fsp3) is 0.529. The Labute approximate surface area is 140 Å². The van der Waals surface area contributed by atoms with Crippen LogP contribution in [0, 0.1) is 0 Å². The van der Waals surface area contributed by atoms with Crippen LogP contribution in [0.5, 0.6) is 0 Å². The lowest BCUT2D eigenvalue weighted by Crippen LogP contribution is -2.50. The van der Waals surface area contributed by atoms with Gasteiger partial charge in [-0.2, -0.15) is 0 Å². The van der Waals surface area contributed by atoms with Crippen molar-refractivity contribution in [2.75, 3.05) is 32.7 Å². The molecule has 1 aromatic carbocycles. The van der Waals surface area contributed by atoms with Crippen molar-refractivity contribution in [2.24, 2.45) is 0 Å². The smallest absolute Gasteiger partial charge is 0.408 e. The van der Waals surface area contributed by atoms with Crippen LogP contribution in [0.2, 0.25) is 0 Å². The number of aliphatic hydroxyl groups is 1. The average Bonchev–Trinajstić information content (AvgIpc) is 2.88. The second kappa shape index (κ2) is 7.19. The van der Waals surface area contributed by atoms with Crippen molar-refractivity contribution in [2.45, 2.75) is 26.0 Å². The number of carbonyl (C=O) groups excluding carboxylic acids is 1. The molecular weight excluding hydrogens is 310 g/mol. The standard InChI is InChI=1S/C17H23N3O4/c1-13(21)12-18-8-10-19(11-9-18)16(22)6-7-20-14-4-2-3-5-15(14)24-17(20)23/h2-5,13,21H,6-12H2,1H3. The molecule has 3 rings (SSSR count). The minimum absolute atomic E-state index is 0.0453. The number of para-hydroxylation sites is 2. The molecule has 1 fully saturated rings. The number of aromatic nitrogens is 1. The molecular formula is C17H23N3O4. The molecule has 0 radical (unpaired) electrons. The zero-order chi connectivity index (χ0) is 17.1. The first kappa shape index (κ1) is 16.7. The molecule has 2 heterocycles. The number of piperazine rings is 1. The summed E-state index contributed by atoms with van der Waals surface area (Å²) in [5, 5.41) is 9.42. The predicted octanol–water partition coefficient (Wildman–Crippen LogP) is 0.510. The molecule has 7 nitrogen and oxygen atoms in total. The molecule has 1 aliphatic heterocycles. The van der Waals surface area contributed by atoms with E-state index in [-0.39, 0.29) is 18.4 Å². The Balaban J connectivity index is 1.56. The van der Waals surface area contributed by atoms with Gasteiger partial charge in [0.25, 0.3) is 0 Å². The molecule has 0 aliphatic carbocycles. The lowest BCUT2D eigenvalue weighted by Gasteiger charge is -2.35. The molecule has 0 spiro atoms. The first-order valence-corrected chi connectivity index (χ1v) is 8.31. The molecule has 0 bridgehead atoms. The molecule has 2 aromatic rings. The Bertz CT molecular complexity index is 757. The first-order chi connectivity index (χ1) is 11.5. The predicted molar refractivity (Wildman–Crippen MR) is 89.8 cm³/mol. The van der Waals surface area contributed by atoms with Crippen LogP contribution >= 0.6 is 0 Å². The van der Waals surface area contributed by atoms with Gasteiger partial charge in [-0.15, -0.1) is 0 Å². The minimum Gasteiger partial charge on any atom is -0.408 e. The zero-order valence-corrected chi connectivity index (χ0v) is 13.9. The van der Waals surface area contributed by atoms with Crippen LogP contribution in [0.1, 0.15) is 13.3 Å². The number of hydrogen-bond acceptors (Lipinski definition) is 5. The van der Waals surface area contributed by atoms with E-state index >= 15 is 0 Å². The number of benzene rings is 1. The third kappa shape index (κ3) is 3.68. The zero-order valence-electron chi connectivity index (χ0n) is 13.9. The van der Waals surface area contributed by atoms with Crippen LogP contribution in [-0.2, 0) is 11.3 Å². The van der Waals surface area contributed by atoms with Gasteiger partial charge >= 0.3 is 5.76 Å². The maximum atomic E-state index is 12.4. The molecule has 1 aliphatic rings. The van der Waals surface area contributed by atoms with Crippen molar-refractivity contribution < 1.29 is 14.3 Å². The van der Waals surface area contributed by atoms with Gasteiger partial charge < -0.3 is 14.4 Å². The number of amides is 1. The first-order valence-electron chi connectivity index (χ1n) is 8.31. The number of aliphatic hydroxyl groups excluding tert-OH is 1. The summed E-state index contributed by atoms with van der Waals surface area (Å²) >= 11 is 0. The monoisotopic (exact) mass is 333 g/mol. The molecule has 130 valence electrons. The van der Waals surface area contributed by atoms with E-state index in [9.17, 15) is 14.7 Å². The third-order valence-corrected chi connectivity index (χ3v) is 4.37. The highest BCUT2D eigenvalue weighted by Crippen LogP contribution is 2.13. The summed E-state index contributed by atoms with van der Waals surface area (Å²) in [5.74, 6) is -0.380. The van der Waals surface area contributed by atoms with E-state index in [1.165, 1.54) is 4.57 Å².